The predicted molar refractivity (Wildman–Crippen MR) is 134 cm³/mol. The molecular weight excluding hydrogens is 428 g/mol. The third kappa shape index (κ3) is 4.54. The molecule has 0 unspecified atom stereocenters. The number of anilines is 3. The number of nitrogens with zero attached hydrogens (tertiary/aromatic N) is 4. The number of aryl methyl sites for hydroxylation is 1. The number of fused-ring (bicyclic) bond motifs is 1. The Morgan fingerprint density at radius 1 is 1.15 bits per heavy atom. The number of aromatic nitrogens is 2. The van der Waals surface area contributed by atoms with Gasteiger partial charge in [-0.3, -0.25) is 4.90 Å². The number of carbonyl (C=O) groups is 1. The Labute approximate surface area is 199 Å². The highest BCUT2D eigenvalue weighted by Crippen LogP contribution is 2.36. The molecule has 8 nitrogen and oxygen atoms in total. The van der Waals surface area contributed by atoms with Gasteiger partial charge in [0.05, 0.1) is 17.1 Å². The second-order valence-electron chi connectivity index (χ2n) is 8.79. The molecule has 3 aromatic rings. The van der Waals surface area contributed by atoms with Gasteiger partial charge in [-0.1, -0.05) is 12.1 Å². The van der Waals surface area contributed by atoms with Crippen molar-refractivity contribution in [3.8, 4) is 0 Å². The lowest BCUT2D eigenvalue weighted by Gasteiger charge is -2.26. The Morgan fingerprint density at radius 2 is 1.94 bits per heavy atom. The smallest absolute Gasteiger partial charge is 0.349 e. The van der Waals surface area contributed by atoms with Crippen LogP contribution in [0, 0.1) is 12.8 Å². The second kappa shape index (κ2) is 9.69. The van der Waals surface area contributed by atoms with E-state index in [2.05, 4.69) is 40.4 Å². The summed E-state index contributed by atoms with van der Waals surface area (Å²) in [4.78, 5) is 22.7. The van der Waals surface area contributed by atoms with Crippen molar-refractivity contribution in [1.29, 1.82) is 0 Å². The fourth-order valence-corrected chi connectivity index (χ4v) is 4.56. The third-order valence-corrected chi connectivity index (χ3v) is 6.38. The topological polar surface area (TPSA) is 85.9 Å². The van der Waals surface area contributed by atoms with E-state index in [1.807, 2.05) is 30.5 Å². The van der Waals surface area contributed by atoms with E-state index in [1.165, 1.54) is 5.01 Å². The van der Waals surface area contributed by atoms with E-state index >= 15 is 0 Å². The molecule has 2 aliphatic rings. The van der Waals surface area contributed by atoms with Crippen LogP contribution >= 0.6 is 0 Å². The van der Waals surface area contributed by atoms with E-state index in [9.17, 15) is 4.79 Å². The number of hydrogen-bond acceptors (Lipinski definition) is 5. The molecule has 1 saturated heterocycles. The maximum Gasteiger partial charge on any atom is 0.349 e. The summed E-state index contributed by atoms with van der Waals surface area (Å²) in [6.07, 6.45) is 6.22. The van der Waals surface area contributed by atoms with Crippen LogP contribution in [0.5, 0.6) is 0 Å². The number of rotatable bonds is 6. The first-order chi connectivity index (χ1) is 16.6. The van der Waals surface area contributed by atoms with Crippen molar-refractivity contribution in [1.82, 2.24) is 15.0 Å². The van der Waals surface area contributed by atoms with Crippen LogP contribution in [-0.4, -0.2) is 53.5 Å². The molecular formula is C26H30N6O2. The first-order valence-electron chi connectivity index (χ1n) is 11.8. The number of aromatic amines is 1. The zero-order valence-electron chi connectivity index (χ0n) is 19.6. The highest BCUT2D eigenvalue weighted by Gasteiger charge is 2.32. The van der Waals surface area contributed by atoms with E-state index in [-0.39, 0.29) is 11.9 Å². The lowest BCUT2D eigenvalue weighted by atomic mass is 9.88. The Hall–Kier alpha value is -3.65. The largest absolute Gasteiger partial charge is 0.385 e. The van der Waals surface area contributed by atoms with Crippen molar-refractivity contribution in [3.05, 3.63) is 71.8 Å². The Morgan fingerprint density at radius 3 is 2.68 bits per heavy atom. The van der Waals surface area contributed by atoms with Gasteiger partial charge in [0.15, 0.2) is 0 Å². The SMILES string of the molecule is Cc1ccc2c(c1)N(c1ccc(NCCc3ncc[nH]3)cc1)C(=O)N(C)N=C2C1CCOCC1. The standard InChI is InChI=1S/C26H30N6O2/c1-18-3-8-22-23(17-18)32(26(33)31(2)30-25(22)19-10-15-34-16-11-19)21-6-4-20(5-7-21)27-12-9-24-28-13-14-29-24/h3-8,13-14,17,19,27H,9-12,15-16H2,1-2H3,(H,28,29). The summed E-state index contributed by atoms with van der Waals surface area (Å²) < 4.78 is 5.57. The lowest BCUT2D eigenvalue weighted by molar-refractivity contribution is 0.0826. The summed E-state index contributed by atoms with van der Waals surface area (Å²) >= 11 is 0. The molecule has 8 heteroatoms. The number of hydrazone groups is 1. The van der Waals surface area contributed by atoms with Crippen molar-refractivity contribution in [3.63, 3.8) is 0 Å². The first-order valence-corrected chi connectivity index (χ1v) is 11.8. The van der Waals surface area contributed by atoms with Crippen LogP contribution in [0.4, 0.5) is 21.9 Å². The first kappa shape index (κ1) is 22.2. The maximum atomic E-state index is 13.5. The molecule has 176 valence electrons. The predicted octanol–water partition coefficient (Wildman–Crippen LogP) is 4.71. The minimum atomic E-state index is -0.174. The molecule has 0 spiro atoms. The summed E-state index contributed by atoms with van der Waals surface area (Å²) in [5, 5.41) is 9.68. The summed E-state index contributed by atoms with van der Waals surface area (Å²) in [7, 11) is 1.73. The zero-order chi connectivity index (χ0) is 23.5. The number of carbonyl (C=O) groups excluding carboxylic acids is 1. The Kier molecular flexibility index (Phi) is 6.31. The van der Waals surface area contributed by atoms with Gasteiger partial charge in [-0.2, -0.15) is 5.10 Å². The van der Waals surface area contributed by atoms with Gasteiger partial charge in [-0.15, -0.1) is 0 Å². The molecule has 0 aliphatic carbocycles. The maximum absolute atomic E-state index is 13.5. The van der Waals surface area contributed by atoms with Crippen LogP contribution in [-0.2, 0) is 11.2 Å². The second-order valence-corrected chi connectivity index (χ2v) is 8.79. The molecule has 2 aliphatic heterocycles. The van der Waals surface area contributed by atoms with E-state index in [4.69, 9.17) is 9.84 Å². The lowest BCUT2D eigenvalue weighted by Crippen LogP contribution is -2.34. The number of hydrogen-bond donors (Lipinski definition) is 2. The quantitative estimate of drug-likeness (QED) is 0.560. The average Bonchev–Trinajstić information content (AvgIpc) is 3.35. The minimum Gasteiger partial charge on any atom is -0.385 e. The highest BCUT2D eigenvalue weighted by atomic mass is 16.5. The van der Waals surface area contributed by atoms with Crippen molar-refractivity contribution in [2.75, 3.05) is 37.0 Å². The van der Waals surface area contributed by atoms with Gasteiger partial charge in [0.25, 0.3) is 0 Å². The van der Waals surface area contributed by atoms with Gasteiger partial charge in [-0.05, 0) is 55.7 Å². The number of amides is 2. The number of ether oxygens (including phenoxy) is 1. The van der Waals surface area contributed by atoms with E-state index in [1.54, 1.807) is 18.1 Å². The molecule has 0 atom stereocenters. The summed E-state index contributed by atoms with van der Waals surface area (Å²) in [6, 6.07) is 14.1. The van der Waals surface area contributed by atoms with Gasteiger partial charge >= 0.3 is 6.03 Å². The fourth-order valence-electron chi connectivity index (χ4n) is 4.56. The molecule has 2 N–H and O–H groups in total. The summed E-state index contributed by atoms with van der Waals surface area (Å²) in [6.45, 7) is 4.26. The van der Waals surface area contributed by atoms with Gasteiger partial charge in [0.2, 0.25) is 0 Å². The molecule has 0 bridgehead atoms. The highest BCUT2D eigenvalue weighted by molar-refractivity contribution is 6.13. The summed E-state index contributed by atoms with van der Waals surface area (Å²) in [5.74, 6) is 1.22. The van der Waals surface area contributed by atoms with Crippen LogP contribution in [0.25, 0.3) is 0 Å². The molecule has 1 aromatic heterocycles. The molecule has 2 amide bonds. The molecule has 34 heavy (non-hydrogen) atoms. The normalized spacial score (nSPS) is 16.8. The molecule has 0 radical (unpaired) electrons. The number of nitrogens with one attached hydrogen (secondary N) is 2. The molecule has 0 saturated carbocycles. The zero-order valence-corrected chi connectivity index (χ0v) is 19.6. The van der Waals surface area contributed by atoms with Crippen LogP contribution in [0.15, 0.2) is 60.0 Å². The van der Waals surface area contributed by atoms with Crippen molar-refractivity contribution in [2.24, 2.45) is 11.0 Å². The number of H-pyrrole nitrogens is 1. The Balaban J connectivity index is 1.43. The van der Waals surface area contributed by atoms with Crippen molar-refractivity contribution < 1.29 is 9.53 Å². The van der Waals surface area contributed by atoms with Crippen molar-refractivity contribution in [2.45, 2.75) is 26.2 Å². The van der Waals surface area contributed by atoms with E-state index < -0.39 is 0 Å². The van der Waals surface area contributed by atoms with E-state index in [0.717, 1.165) is 78.7 Å². The van der Waals surface area contributed by atoms with E-state index in [0.29, 0.717) is 0 Å². The van der Waals surface area contributed by atoms with Crippen LogP contribution in [0.1, 0.15) is 29.8 Å². The monoisotopic (exact) mass is 458 g/mol. The van der Waals surface area contributed by atoms with Crippen LogP contribution in [0.2, 0.25) is 0 Å². The van der Waals surface area contributed by atoms with Gasteiger partial charge in [0, 0.05) is 62.8 Å². The van der Waals surface area contributed by atoms with Crippen molar-refractivity contribution >= 4 is 28.8 Å². The molecule has 3 heterocycles. The number of urea groups is 1. The molecule has 1 fully saturated rings. The molecule has 2 aromatic carbocycles. The average molecular weight is 459 g/mol. The van der Waals surface area contributed by atoms with Gasteiger partial charge in [-0.25, -0.2) is 14.8 Å². The number of benzene rings is 2. The van der Waals surface area contributed by atoms with Crippen LogP contribution < -0.4 is 10.2 Å². The molecule has 5 rings (SSSR count). The van der Waals surface area contributed by atoms with Gasteiger partial charge in [0.1, 0.15) is 5.82 Å². The number of imidazole rings is 1. The third-order valence-electron chi connectivity index (χ3n) is 6.38. The summed E-state index contributed by atoms with van der Waals surface area (Å²) in [5.41, 5.74) is 5.75. The Bertz CT molecular complexity index is 1170. The van der Waals surface area contributed by atoms with Crippen LogP contribution in [0.3, 0.4) is 0 Å². The fraction of sp³-hybridized carbons (Fsp3) is 0.346. The minimum absolute atomic E-state index is 0.174. The van der Waals surface area contributed by atoms with Gasteiger partial charge < -0.3 is 15.0 Å².